The number of benzene rings is 2. The van der Waals surface area contributed by atoms with Crippen molar-refractivity contribution in [2.24, 2.45) is 5.73 Å². The molecule has 0 saturated carbocycles. The van der Waals surface area contributed by atoms with Crippen molar-refractivity contribution in [1.29, 1.82) is 0 Å². The molecule has 0 bridgehead atoms. The van der Waals surface area contributed by atoms with Gasteiger partial charge in [-0.1, -0.05) is 30.3 Å². The molecule has 2 N–H and O–H groups in total. The maximum atomic E-state index is 12.5. The van der Waals surface area contributed by atoms with Crippen LogP contribution in [-0.2, 0) is 14.6 Å². The molecule has 104 valence electrons. The number of amides is 1. The van der Waals surface area contributed by atoms with Crippen LogP contribution in [0.5, 0.6) is 0 Å². The summed E-state index contributed by atoms with van der Waals surface area (Å²) < 4.78 is 24.9. The maximum Gasteiger partial charge on any atom is 0.224 e. The molecule has 0 fully saturated rings. The third kappa shape index (κ3) is 2.72. The highest BCUT2D eigenvalue weighted by atomic mass is 32.2. The van der Waals surface area contributed by atoms with Gasteiger partial charge in [0.15, 0.2) is 0 Å². The first kappa shape index (κ1) is 14.3. The van der Waals surface area contributed by atoms with Gasteiger partial charge in [0.1, 0.15) is 0 Å². The number of sulfone groups is 1. The summed E-state index contributed by atoms with van der Waals surface area (Å²) in [5, 5.41) is 0. The fraction of sp³-hybridized carbons (Fsp3) is 0.133. The number of rotatable bonds is 4. The van der Waals surface area contributed by atoms with E-state index in [1.54, 1.807) is 49.4 Å². The van der Waals surface area contributed by atoms with Crippen molar-refractivity contribution in [2.75, 3.05) is 0 Å². The quantitative estimate of drug-likeness (QED) is 0.936. The van der Waals surface area contributed by atoms with E-state index in [0.29, 0.717) is 5.56 Å². The van der Waals surface area contributed by atoms with E-state index < -0.39 is 21.7 Å². The molecular weight excluding hydrogens is 274 g/mol. The van der Waals surface area contributed by atoms with Crippen LogP contribution in [0, 0.1) is 0 Å². The second kappa shape index (κ2) is 5.46. The van der Waals surface area contributed by atoms with Crippen molar-refractivity contribution in [3.63, 3.8) is 0 Å². The van der Waals surface area contributed by atoms with Crippen LogP contribution in [0.3, 0.4) is 0 Å². The maximum absolute atomic E-state index is 12.5. The topological polar surface area (TPSA) is 77.2 Å². The number of carbonyl (C=O) groups excluding carboxylic acids is 1. The first-order chi connectivity index (χ1) is 9.43. The van der Waals surface area contributed by atoms with Crippen molar-refractivity contribution in [1.82, 2.24) is 0 Å². The number of hydrogen-bond acceptors (Lipinski definition) is 3. The summed E-state index contributed by atoms with van der Waals surface area (Å²) in [6, 6.07) is 14.5. The van der Waals surface area contributed by atoms with Crippen LogP contribution in [-0.4, -0.2) is 14.3 Å². The summed E-state index contributed by atoms with van der Waals surface area (Å²) in [7, 11) is -3.57. The molecule has 5 heteroatoms. The van der Waals surface area contributed by atoms with Crippen LogP contribution in [0.25, 0.3) is 0 Å². The average Bonchev–Trinajstić information content (AvgIpc) is 2.47. The monoisotopic (exact) mass is 289 g/mol. The normalized spacial score (nSPS) is 12.8. The lowest BCUT2D eigenvalue weighted by molar-refractivity contribution is -0.119. The summed E-state index contributed by atoms with van der Waals surface area (Å²) in [4.78, 5) is 11.6. The second-order valence-electron chi connectivity index (χ2n) is 4.51. The van der Waals surface area contributed by atoms with Crippen LogP contribution >= 0.6 is 0 Å². The fourth-order valence-corrected chi connectivity index (χ4v) is 3.19. The Morgan fingerprint density at radius 2 is 1.60 bits per heavy atom. The van der Waals surface area contributed by atoms with Gasteiger partial charge in [0, 0.05) is 0 Å². The first-order valence-electron chi connectivity index (χ1n) is 6.12. The summed E-state index contributed by atoms with van der Waals surface area (Å²) in [6.07, 6.45) is 0. The van der Waals surface area contributed by atoms with Gasteiger partial charge in [0.2, 0.25) is 15.7 Å². The van der Waals surface area contributed by atoms with Gasteiger partial charge in [-0.2, -0.15) is 0 Å². The highest BCUT2D eigenvalue weighted by Gasteiger charge is 2.19. The molecule has 0 aromatic heterocycles. The molecule has 4 nitrogen and oxygen atoms in total. The van der Waals surface area contributed by atoms with Crippen molar-refractivity contribution in [2.45, 2.75) is 22.6 Å². The van der Waals surface area contributed by atoms with Crippen molar-refractivity contribution in [3.8, 4) is 0 Å². The Hall–Kier alpha value is -2.14. The largest absolute Gasteiger partial charge is 0.369 e. The van der Waals surface area contributed by atoms with E-state index in [1.807, 2.05) is 0 Å². The van der Waals surface area contributed by atoms with Crippen LogP contribution in [0.1, 0.15) is 18.4 Å². The van der Waals surface area contributed by atoms with Crippen LogP contribution < -0.4 is 5.73 Å². The average molecular weight is 289 g/mol. The minimum Gasteiger partial charge on any atom is -0.369 e. The number of carbonyl (C=O) groups is 1. The van der Waals surface area contributed by atoms with Gasteiger partial charge in [-0.05, 0) is 36.8 Å². The summed E-state index contributed by atoms with van der Waals surface area (Å²) in [5.41, 5.74) is 5.84. The Morgan fingerprint density at radius 1 is 1.00 bits per heavy atom. The molecule has 0 aliphatic heterocycles. The van der Waals surface area contributed by atoms with E-state index in [4.69, 9.17) is 5.73 Å². The lowest BCUT2D eigenvalue weighted by Gasteiger charge is -2.10. The molecule has 20 heavy (non-hydrogen) atoms. The SMILES string of the molecule is C[C@@H](C(N)=O)c1cccc(S(=O)(=O)c2ccccc2)c1. The van der Waals surface area contributed by atoms with E-state index in [-0.39, 0.29) is 9.79 Å². The summed E-state index contributed by atoms with van der Waals surface area (Å²) in [6.45, 7) is 1.65. The molecule has 0 heterocycles. The molecule has 0 spiro atoms. The molecule has 2 aromatic rings. The van der Waals surface area contributed by atoms with Crippen molar-refractivity contribution in [3.05, 3.63) is 60.2 Å². The second-order valence-corrected chi connectivity index (χ2v) is 6.46. The van der Waals surface area contributed by atoms with Crippen LogP contribution in [0.15, 0.2) is 64.4 Å². The summed E-state index contributed by atoms with van der Waals surface area (Å²) >= 11 is 0. The van der Waals surface area contributed by atoms with Gasteiger partial charge < -0.3 is 5.73 Å². The molecule has 2 rings (SSSR count). The Bertz CT molecular complexity index is 724. The highest BCUT2D eigenvalue weighted by Crippen LogP contribution is 2.24. The zero-order valence-electron chi connectivity index (χ0n) is 11.0. The third-order valence-corrected chi connectivity index (χ3v) is 4.92. The standard InChI is InChI=1S/C15H15NO3S/c1-11(15(16)17)12-6-5-9-14(10-12)20(18,19)13-7-3-2-4-8-13/h2-11H,1H3,(H2,16,17)/t11-/m1/s1. The van der Waals surface area contributed by atoms with Gasteiger partial charge in [-0.15, -0.1) is 0 Å². The smallest absolute Gasteiger partial charge is 0.224 e. The van der Waals surface area contributed by atoms with Crippen molar-refractivity contribution < 1.29 is 13.2 Å². The van der Waals surface area contributed by atoms with Gasteiger partial charge in [-0.25, -0.2) is 8.42 Å². The van der Waals surface area contributed by atoms with Gasteiger partial charge in [0.25, 0.3) is 0 Å². The van der Waals surface area contributed by atoms with Gasteiger partial charge in [0.05, 0.1) is 15.7 Å². The highest BCUT2D eigenvalue weighted by molar-refractivity contribution is 7.91. The Balaban J connectivity index is 2.49. The van der Waals surface area contributed by atoms with Gasteiger partial charge in [-0.3, -0.25) is 4.79 Å². The number of nitrogens with two attached hydrogens (primary N) is 1. The van der Waals surface area contributed by atoms with E-state index >= 15 is 0 Å². The van der Waals surface area contributed by atoms with Crippen LogP contribution in [0.4, 0.5) is 0 Å². The Kier molecular flexibility index (Phi) is 3.90. The van der Waals surface area contributed by atoms with Crippen molar-refractivity contribution >= 4 is 15.7 Å². The predicted octanol–water partition coefficient (Wildman–Crippen LogP) is 2.11. The zero-order chi connectivity index (χ0) is 14.8. The first-order valence-corrected chi connectivity index (χ1v) is 7.60. The molecule has 0 unspecified atom stereocenters. The third-order valence-electron chi connectivity index (χ3n) is 3.15. The van der Waals surface area contributed by atoms with E-state index in [2.05, 4.69) is 0 Å². The fourth-order valence-electron chi connectivity index (χ4n) is 1.85. The number of primary amides is 1. The molecule has 0 aliphatic carbocycles. The molecule has 1 amide bonds. The lowest BCUT2D eigenvalue weighted by atomic mass is 10.0. The molecule has 0 saturated heterocycles. The molecule has 0 radical (unpaired) electrons. The zero-order valence-corrected chi connectivity index (χ0v) is 11.8. The molecule has 1 atom stereocenters. The molecular formula is C15H15NO3S. The van der Waals surface area contributed by atoms with E-state index in [9.17, 15) is 13.2 Å². The minimum atomic E-state index is -3.57. The van der Waals surface area contributed by atoms with Gasteiger partial charge >= 0.3 is 0 Å². The Labute approximate surface area is 118 Å². The van der Waals surface area contributed by atoms with E-state index in [1.165, 1.54) is 12.1 Å². The molecule has 2 aromatic carbocycles. The molecule has 0 aliphatic rings. The number of hydrogen-bond donors (Lipinski definition) is 1. The minimum absolute atomic E-state index is 0.161. The van der Waals surface area contributed by atoms with Crippen LogP contribution in [0.2, 0.25) is 0 Å². The lowest BCUT2D eigenvalue weighted by Crippen LogP contribution is -2.19. The Morgan fingerprint density at radius 3 is 2.20 bits per heavy atom. The predicted molar refractivity (Wildman–Crippen MR) is 75.9 cm³/mol. The van der Waals surface area contributed by atoms with E-state index in [0.717, 1.165) is 0 Å². The summed E-state index contributed by atoms with van der Waals surface area (Å²) in [5.74, 6) is -1.01.